The number of carbonyl (C=O) groups is 3. The molecule has 0 unspecified atom stereocenters. The van der Waals surface area contributed by atoms with Gasteiger partial charge in [0.1, 0.15) is 11.5 Å². The summed E-state index contributed by atoms with van der Waals surface area (Å²) in [4.78, 5) is 41.4. The number of carbonyl (C=O) groups excluding carboxylic acids is 3. The number of aromatic hydroxyl groups is 1. The molecule has 47 heavy (non-hydrogen) atoms. The zero-order valence-electron chi connectivity index (χ0n) is 27.9. The van der Waals surface area contributed by atoms with Crippen LogP contribution in [0.1, 0.15) is 70.2 Å². The monoisotopic (exact) mass is 633 g/mol. The van der Waals surface area contributed by atoms with E-state index in [1.165, 1.54) is 18.6 Å². The molecule has 1 fully saturated rings. The number of ketones is 3. The van der Waals surface area contributed by atoms with Gasteiger partial charge in [0, 0.05) is 29.5 Å². The van der Waals surface area contributed by atoms with Crippen molar-refractivity contribution in [1.82, 2.24) is 5.32 Å². The highest BCUT2D eigenvalue weighted by Gasteiger charge is 2.72. The Kier molecular flexibility index (Phi) is 7.93. The number of allylic oxidation sites excluding steroid dienone is 1. The van der Waals surface area contributed by atoms with Crippen LogP contribution < -0.4 is 5.32 Å². The molecular formula is C40H43NO6. The van der Waals surface area contributed by atoms with Crippen molar-refractivity contribution in [2.75, 3.05) is 0 Å². The molecule has 244 valence electrons. The molecule has 0 spiro atoms. The van der Waals surface area contributed by atoms with Crippen molar-refractivity contribution in [2.45, 2.75) is 73.1 Å². The highest BCUT2D eigenvalue weighted by atomic mass is 16.3. The number of aliphatic hydroxyl groups is 2. The second kappa shape index (κ2) is 11.4. The molecule has 7 heteroatoms. The smallest absolute Gasteiger partial charge is 0.206 e. The van der Waals surface area contributed by atoms with Gasteiger partial charge >= 0.3 is 0 Å². The normalized spacial score (nSPS) is 27.1. The van der Waals surface area contributed by atoms with Crippen molar-refractivity contribution in [3.63, 3.8) is 0 Å². The Balaban J connectivity index is 1.45. The van der Waals surface area contributed by atoms with Crippen molar-refractivity contribution in [2.24, 2.45) is 22.7 Å². The highest BCUT2D eigenvalue weighted by Crippen LogP contribution is 2.65. The van der Waals surface area contributed by atoms with E-state index in [9.17, 15) is 29.7 Å². The molecule has 3 aliphatic carbocycles. The summed E-state index contributed by atoms with van der Waals surface area (Å²) in [5.41, 5.74) is 0.409. The Morgan fingerprint density at radius 2 is 1.60 bits per heavy atom. The number of fused-ring (bicyclic) bond motifs is 3. The fraction of sp³-hybridized carbons (Fsp3) is 0.375. The van der Waals surface area contributed by atoms with Crippen molar-refractivity contribution in [1.29, 1.82) is 0 Å². The molecule has 3 aliphatic rings. The molecule has 0 aromatic heterocycles. The highest BCUT2D eigenvalue weighted by molar-refractivity contribution is 6.33. The number of hydrogen-bond donors (Lipinski definition) is 4. The maximum absolute atomic E-state index is 14.6. The quantitative estimate of drug-likeness (QED) is 0.170. The predicted molar refractivity (Wildman–Crippen MR) is 181 cm³/mol. The maximum atomic E-state index is 14.6. The van der Waals surface area contributed by atoms with Crippen LogP contribution >= 0.6 is 0 Å². The van der Waals surface area contributed by atoms with Crippen LogP contribution in [0.4, 0.5) is 0 Å². The van der Waals surface area contributed by atoms with Crippen molar-refractivity contribution in [3.8, 4) is 16.9 Å². The summed E-state index contributed by atoms with van der Waals surface area (Å²) in [6.45, 7) is 12.0. The summed E-state index contributed by atoms with van der Waals surface area (Å²) in [5.74, 6) is -3.47. The Labute approximate surface area is 276 Å². The second-order valence-electron chi connectivity index (χ2n) is 14.5. The lowest BCUT2D eigenvalue weighted by Gasteiger charge is -2.60. The molecule has 1 saturated carbocycles. The van der Waals surface area contributed by atoms with Gasteiger partial charge in [0.2, 0.25) is 11.6 Å². The second-order valence-corrected chi connectivity index (χ2v) is 14.5. The van der Waals surface area contributed by atoms with E-state index in [0.717, 1.165) is 23.2 Å². The first-order valence-electron chi connectivity index (χ1n) is 16.3. The summed E-state index contributed by atoms with van der Waals surface area (Å²) in [5, 5.41) is 38.8. The van der Waals surface area contributed by atoms with Crippen molar-refractivity contribution >= 4 is 23.1 Å². The molecule has 0 amide bonds. The number of hydrogen-bond acceptors (Lipinski definition) is 7. The number of nitrogens with one attached hydrogen (secondary N) is 1. The van der Waals surface area contributed by atoms with Gasteiger partial charge in [0.25, 0.3) is 0 Å². The Hall–Kier alpha value is -4.33. The zero-order chi connectivity index (χ0) is 34.1. The molecule has 6 rings (SSSR count). The lowest BCUT2D eigenvalue weighted by Crippen LogP contribution is -2.70. The first-order valence-corrected chi connectivity index (χ1v) is 16.3. The third kappa shape index (κ3) is 4.82. The average Bonchev–Trinajstić information content (AvgIpc) is 2.99. The van der Waals surface area contributed by atoms with Crippen LogP contribution in [0.2, 0.25) is 0 Å². The van der Waals surface area contributed by atoms with Crippen LogP contribution in [0.3, 0.4) is 0 Å². The van der Waals surface area contributed by atoms with E-state index in [1.54, 1.807) is 13.8 Å². The van der Waals surface area contributed by atoms with E-state index >= 15 is 0 Å². The molecule has 0 saturated heterocycles. The SMILES string of the molecule is CC(=O)C1=C(C)[C@@H](C(C)C)[C@]2(C)C[C@]3(C)Cc4c(-c5cccc(CNCc6ccccc6)c5)ccc(O)c4C(O)=C3C(=O)[C@]2(O)C1=O. The number of phenols is 1. The summed E-state index contributed by atoms with van der Waals surface area (Å²) in [7, 11) is 0. The maximum Gasteiger partial charge on any atom is 0.206 e. The van der Waals surface area contributed by atoms with Gasteiger partial charge < -0.3 is 20.6 Å². The van der Waals surface area contributed by atoms with Gasteiger partial charge in [-0.2, -0.15) is 0 Å². The molecule has 0 aliphatic heterocycles. The molecule has 3 aromatic rings. The Bertz CT molecular complexity index is 1890. The number of rotatable bonds is 7. The summed E-state index contributed by atoms with van der Waals surface area (Å²) < 4.78 is 0. The number of aliphatic hydroxyl groups excluding tert-OH is 1. The average molecular weight is 634 g/mol. The number of phenolic OH excluding ortho intramolecular Hbond substituents is 1. The van der Waals surface area contributed by atoms with E-state index in [4.69, 9.17) is 0 Å². The first-order chi connectivity index (χ1) is 22.2. The first kappa shape index (κ1) is 32.6. The third-order valence-electron chi connectivity index (χ3n) is 10.9. The minimum absolute atomic E-state index is 0.0744. The molecule has 0 radical (unpaired) electrons. The zero-order valence-corrected chi connectivity index (χ0v) is 27.9. The van der Waals surface area contributed by atoms with Gasteiger partial charge in [-0.3, -0.25) is 14.4 Å². The van der Waals surface area contributed by atoms with Gasteiger partial charge in [-0.25, -0.2) is 0 Å². The molecule has 4 atom stereocenters. The lowest BCUT2D eigenvalue weighted by molar-refractivity contribution is -0.180. The van der Waals surface area contributed by atoms with Gasteiger partial charge in [0.15, 0.2) is 11.4 Å². The summed E-state index contributed by atoms with van der Waals surface area (Å²) in [6.07, 6.45) is 0.497. The minimum atomic E-state index is -2.54. The van der Waals surface area contributed by atoms with Gasteiger partial charge in [-0.1, -0.05) is 87.9 Å². The van der Waals surface area contributed by atoms with Crippen LogP contribution in [0.5, 0.6) is 5.75 Å². The van der Waals surface area contributed by atoms with Gasteiger partial charge in [-0.05, 0) is 78.5 Å². The molecule has 0 heterocycles. The molecular weight excluding hydrogens is 590 g/mol. The fourth-order valence-electron chi connectivity index (χ4n) is 9.31. The van der Waals surface area contributed by atoms with Crippen LogP contribution in [0.25, 0.3) is 16.9 Å². The predicted octanol–water partition coefficient (Wildman–Crippen LogP) is 6.65. The molecule has 0 bridgehead atoms. The standard InChI is InChI=1S/C40H43NO6/c1-22(2)33-23(3)31(24(4)42)36(45)40(47)37(46)34-35(44)32-29(18-38(34,5)21-39(33,40)6)28(15-16-30(32)43)27-14-10-13-26(17-27)20-41-19-25-11-8-7-9-12-25/h7-17,22,33,41,43-44,47H,18-21H2,1-6H3/t33-,38+,39+,40-/m1/s1. The van der Waals surface area contributed by atoms with E-state index in [0.29, 0.717) is 24.1 Å². The van der Waals surface area contributed by atoms with Crippen LogP contribution in [0.15, 0.2) is 83.4 Å². The Morgan fingerprint density at radius 3 is 2.26 bits per heavy atom. The number of benzene rings is 3. The van der Waals surface area contributed by atoms with Crippen LogP contribution in [0, 0.1) is 22.7 Å². The fourth-order valence-corrected chi connectivity index (χ4v) is 9.31. The molecule has 3 aromatic carbocycles. The molecule has 4 N–H and O–H groups in total. The van der Waals surface area contributed by atoms with Crippen LogP contribution in [-0.4, -0.2) is 38.3 Å². The van der Waals surface area contributed by atoms with E-state index < -0.39 is 45.5 Å². The summed E-state index contributed by atoms with van der Waals surface area (Å²) in [6, 6.07) is 21.6. The van der Waals surface area contributed by atoms with E-state index in [2.05, 4.69) is 23.5 Å². The number of Topliss-reactive ketones (excluding diaryl/α,β-unsaturated/α-hetero) is 3. The lowest BCUT2D eigenvalue weighted by atomic mass is 9.42. The van der Waals surface area contributed by atoms with E-state index in [1.807, 2.05) is 63.2 Å². The largest absolute Gasteiger partial charge is 0.507 e. The summed E-state index contributed by atoms with van der Waals surface area (Å²) >= 11 is 0. The third-order valence-corrected chi connectivity index (χ3v) is 10.9. The van der Waals surface area contributed by atoms with E-state index in [-0.39, 0.29) is 34.8 Å². The minimum Gasteiger partial charge on any atom is -0.507 e. The Morgan fingerprint density at radius 1 is 0.936 bits per heavy atom. The van der Waals surface area contributed by atoms with Crippen LogP contribution in [-0.2, 0) is 33.9 Å². The van der Waals surface area contributed by atoms with Gasteiger partial charge in [0.05, 0.1) is 11.1 Å². The van der Waals surface area contributed by atoms with Crippen molar-refractivity contribution in [3.05, 3.63) is 106 Å². The van der Waals surface area contributed by atoms with Crippen molar-refractivity contribution < 1.29 is 29.7 Å². The topological polar surface area (TPSA) is 124 Å². The molecule has 7 nitrogen and oxygen atoms in total. The van der Waals surface area contributed by atoms with Gasteiger partial charge in [-0.15, -0.1) is 0 Å².